The Labute approximate surface area is 194 Å². The van der Waals surface area contributed by atoms with Crippen LogP contribution in [-0.4, -0.2) is 85.0 Å². The first kappa shape index (κ1) is 23.0. The van der Waals surface area contributed by atoms with E-state index in [-0.39, 0.29) is 30.2 Å². The average molecular weight is 466 g/mol. The first-order chi connectivity index (χ1) is 15.0. The third-order valence-corrected chi connectivity index (χ3v) is 6.24. The van der Waals surface area contributed by atoms with E-state index in [4.69, 9.17) is 25.8 Å². The van der Waals surface area contributed by atoms with Gasteiger partial charge in [0, 0.05) is 31.2 Å². The number of carbonyl (C=O) groups excluding carboxylic acids is 2. The van der Waals surface area contributed by atoms with Gasteiger partial charge in [-0.25, -0.2) is 4.79 Å². The summed E-state index contributed by atoms with van der Waals surface area (Å²) in [6.07, 6.45) is -0.370. The van der Waals surface area contributed by atoms with Crippen LogP contribution in [0.5, 0.6) is 5.75 Å². The van der Waals surface area contributed by atoms with E-state index < -0.39 is 5.60 Å². The van der Waals surface area contributed by atoms with Crippen LogP contribution in [0.1, 0.15) is 45.0 Å². The van der Waals surface area contributed by atoms with E-state index in [9.17, 15) is 9.59 Å². The van der Waals surface area contributed by atoms with Crippen molar-refractivity contribution in [3.05, 3.63) is 22.7 Å². The van der Waals surface area contributed by atoms with Gasteiger partial charge in [0.2, 0.25) is 0 Å². The molecule has 176 valence electrons. The van der Waals surface area contributed by atoms with E-state index in [1.807, 2.05) is 31.7 Å². The highest BCUT2D eigenvalue weighted by Gasteiger charge is 2.41. The molecule has 2 fully saturated rings. The zero-order valence-electron chi connectivity index (χ0n) is 19.4. The number of anilines is 1. The normalized spacial score (nSPS) is 23.1. The summed E-state index contributed by atoms with van der Waals surface area (Å²) < 4.78 is 17.3. The molecular formula is C23H32ClN3O5. The molecular weight excluding hydrogens is 434 g/mol. The van der Waals surface area contributed by atoms with Crippen molar-refractivity contribution in [3.63, 3.8) is 0 Å². The lowest BCUT2D eigenvalue weighted by Crippen LogP contribution is -2.58. The number of rotatable bonds is 1. The molecule has 1 aromatic rings. The first-order valence-corrected chi connectivity index (χ1v) is 11.4. The molecule has 3 aliphatic rings. The number of carbonyl (C=O) groups is 2. The second-order valence-electron chi connectivity index (χ2n) is 10.2. The van der Waals surface area contributed by atoms with Gasteiger partial charge in [-0.05, 0) is 46.8 Å². The Morgan fingerprint density at radius 3 is 2.66 bits per heavy atom. The Morgan fingerprint density at radius 1 is 1.22 bits per heavy atom. The van der Waals surface area contributed by atoms with Gasteiger partial charge < -0.3 is 28.9 Å². The van der Waals surface area contributed by atoms with Gasteiger partial charge in [-0.3, -0.25) is 4.79 Å². The highest BCUT2D eigenvalue weighted by atomic mass is 35.5. The van der Waals surface area contributed by atoms with Crippen LogP contribution in [0.15, 0.2) is 12.1 Å². The monoisotopic (exact) mass is 465 g/mol. The summed E-state index contributed by atoms with van der Waals surface area (Å²) in [5.74, 6) is 0.387. The molecule has 4 rings (SSSR count). The van der Waals surface area contributed by atoms with E-state index in [0.29, 0.717) is 55.7 Å². The van der Waals surface area contributed by atoms with Gasteiger partial charge in [-0.1, -0.05) is 11.6 Å². The average Bonchev–Trinajstić information content (AvgIpc) is 2.82. The first-order valence-electron chi connectivity index (χ1n) is 11.1. The number of morpholine rings is 1. The van der Waals surface area contributed by atoms with E-state index in [2.05, 4.69) is 18.7 Å². The summed E-state index contributed by atoms with van der Waals surface area (Å²) >= 11 is 6.44. The molecule has 32 heavy (non-hydrogen) atoms. The van der Waals surface area contributed by atoms with Crippen molar-refractivity contribution in [2.75, 3.05) is 50.9 Å². The molecule has 2 amide bonds. The van der Waals surface area contributed by atoms with Crippen LogP contribution >= 0.6 is 11.6 Å². The van der Waals surface area contributed by atoms with Crippen LogP contribution < -0.4 is 9.64 Å². The molecule has 0 bridgehead atoms. The van der Waals surface area contributed by atoms with Crippen molar-refractivity contribution in [2.24, 2.45) is 0 Å². The fourth-order valence-corrected chi connectivity index (χ4v) is 4.70. The predicted octanol–water partition coefficient (Wildman–Crippen LogP) is 3.41. The Bertz CT molecular complexity index is 914. The molecule has 0 spiro atoms. The number of hydrogen-bond donors (Lipinski definition) is 0. The Hall–Kier alpha value is -2.19. The number of benzene rings is 1. The number of nitrogens with zero attached hydrogens (tertiary/aromatic N) is 3. The van der Waals surface area contributed by atoms with E-state index in [0.717, 1.165) is 5.69 Å². The standard InChI is InChI=1S/C23H32ClN3O5/c1-22(2,3)32-21(29)25-6-7-26-16(12-25)13-31-18-11-15(24)10-17(19(18)20(26)28)27-8-9-30-14-23(27,4)5/h10-11,16H,6-9,12-14H2,1-5H3/t16-/m1/s1. The lowest BCUT2D eigenvalue weighted by atomic mass is 9.98. The predicted molar refractivity (Wildman–Crippen MR) is 122 cm³/mol. The lowest BCUT2D eigenvalue weighted by molar-refractivity contribution is 0.000944. The quantitative estimate of drug-likeness (QED) is 0.633. The Balaban J connectivity index is 1.63. The van der Waals surface area contributed by atoms with Crippen molar-refractivity contribution in [2.45, 2.75) is 51.8 Å². The minimum absolute atomic E-state index is 0.0969. The summed E-state index contributed by atoms with van der Waals surface area (Å²) in [5, 5.41) is 0.518. The van der Waals surface area contributed by atoms with Crippen molar-refractivity contribution >= 4 is 29.3 Å². The van der Waals surface area contributed by atoms with Crippen molar-refractivity contribution in [3.8, 4) is 5.75 Å². The maximum Gasteiger partial charge on any atom is 0.410 e. The Morgan fingerprint density at radius 2 is 1.97 bits per heavy atom. The second kappa shape index (κ2) is 8.30. The summed E-state index contributed by atoms with van der Waals surface area (Å²) in [7, 11) is 0. The molecule has 3 aliphatic heterocycles. The summed E-state index contributed by atoms with van der Waals surface area (Å²) in [4.78, 5) is 32.0. The van der Waals surface area contributed by atoms with Gasteiger partial charge in [-0.2, -0.15) is 0 Å². The van der Waals surface area contributed by atoms with E-state index in [1.165, 1.54) is 0 Å². The van der Waals surface area contributed by atoms with Crippen LogP contribution in [0.2, 0.25) is 5.02 Å². The fraction of sp³-hybridized carbons (Fsp3) is 0.652. The van der Waals surface area contributed by atoms with Gasteiger partial charge in [-0.15, -0.1) is 0 Å². The number of amides is 2. The third kappa shape index (κ3) is 4.48. The van der Waals surface area contributed by atoms with Crippen molar-refractivity contribution in [1.29, 1.82) is 0 Å². The van der Waals surface area contributed by atoms with Gasteiger partial charge in [0.15, 0.2) is 0 Å². The van der Waals surface area contributed by atoms with E-state index in [1.54, 1.807) is 11.0 Å². The van der Waals surface area contributed by atoms with Crippen molar-refractivity contribution in [1.82, 2.24) is 9.80 Å². The lowest BCUT2D eigenvalue weighted by Gasteiger charge is -2.45. The molecule has 1 aromatic carbocycles. The highest BCUT2D eigenvalue weighted by molar-refractivity contribution is 6.31. The molecule has 0 radical (unpaired) electrons. The molecule has 0 aromatic heterocycles. The zero-order chi connectivity index (χ0) is 23.3. The minimum Gasteiger partial charge on any atom is -0.490 e. The zero-order valence-corrected chi connectivity index (χ0v) is 20.2. The largest absolute Gasteiger partial charge is 0.490 e. The maximum atomic E-state index is 13.8. The third-order valence-electron chi connectivity index (χ3n) is 6.02. The smallest absolute Gasteiger partial charge is 0.410 e. The summed E-state index contributed by atoms with van der Waals surface area (Å²) in [5.41, 5.74) is 0.424. The van der Waals surface area contributed by atoms with Crippen LogP contribution in [-0.2, 0) is 9.47 Å². The molecule has 3 heterocycles. The second-order valence-corrected chi connectivity index (χ2v) is 10.6. The number of ether oxygens (including phenoxy) is 3. The molecule has 8 nitrogen and oxygen atoms in total. The number of fused-ring (bicyclic) bond motifs is 2. The number of hydrogen-bond acceptors (Lipinski definition) is 6. The van der Waals surface area contributed by atoms with Crippen LogP contribution in [0, 0.1) is 0 Å². The van der Waals surface area contributed by atoms with Crippen LogP contribution in [0.25, 0.3) is 0 Å². The van der Waals surface area contributed by atoms with Gasteiger partial charge in [0.1, 0.15) is 23.5 Å². The van der Waals surface area contributed by atoms with Gasteiger partial charge in [0.25, 0.3) is 5.91 Å². The molecule has 0 N–H and O–H groups in total. The molecule has 9 heteroatoms. The Kier molecular flexibility index (Phi) is 5.96. The molecule has 1 atom stereocenters. The fourth-order valence-electron chi connectivity index (χ4n) is 4.50. The van der Waals surface area contributed by atoms with Crippen molar-refractivity contribution < 1.29 is 23.8 Å². The summed E-state index contributed by atoms with van der Waals surface area (Å²) in [6.45, 7) is 13.0. The highest BCUT2D eigenvalue weighted by Crippen LogP contribution is 2.40. The molecule has 0 unspecified atom stereocenters. The number of halogens is 1. The molecule has 0 aliphatic carbocycles. The number of piperazine rings is 1. The SMILES string of the molecule is CC(C)(C)OC(=O)N1CCN2C(=O)c3c(cc(Cl)cc3N3CCOCC3(C)C)OC[C@H]2C1. The summed E-state index contributed by atoms with van der Waals surface area (Å²) in [6, 6.07) is 3.28. The maximum absolute atomic E-state index is 13.8. The minimum atomic E-state index is -0.573. The van der Waals surface area contributed by atoms with E-state index >= 15 is 0 Å². The van der Waals surface area contributed by atoms with Crippen LogP contribution in [0.3, 0.4) is 0 Å². The van der Waals surface area contributed by atoms with Gasteiger partial charge >= 0.3 is 6.09 Å². The van der Waals surface area contributed by atoms with Crippen LogP contribution in [0.4, 0.5) is 10.5 Å². The molecule has 0 saturated carbocycles. The van der Waals surface area contributed by atoms with Gasteiger partial charge in [0.05, 0.1) is 30.5 Å². The molecule has 2 saturated heterocycles. The topological polar surface area (TPSA) is 71.6 Å².